The molecule has 1 aliphatic heterocycles. The van der Waals surface area contributed by atoms with Crippen LogP contribution in [0.3, 0.4) is 0 Å². The molecule has 0 aromatic heterocycles. The molecule has 0 aromatic rings. The molecule has 108 valence electrons. The zero-order chi connectivity index (χ0) is 13.5. The lowest BCUT2D eigenvalue weighted by molar-refractivity contribution is -0.124. The second-order valence-electron chi connectivity index (χ2n) is 7.38. The summed E-state index contributed by atoms with van der Waals surface area (Å²) in [6.07, 6.45) is 7.25. The van der Waals surface area contributed by atoms with Crippen LogP contribution in [0.4, 0.5) is 0 Å². The average molecular weight is 264 g/mol. The van der Waals surface area contributed by atoms with E-state index < -0.39 is 0 Å². The van der Waals surface area contributed by atoms with Gasteiger partial charge in [0.1, 0.15) is 0 Å². The fourth-order valence-electron chi connectivity index (χ4n) is 4.36. The topological polar surface area (TPSA) is 41.1 Å². The molecule has 2 aliphatic carbocycles. The van der Waals surface area contributed by atoms with Crippen molar-refractivity contribution in [3.63, 3.8) is 0 Å². The van der Waals surface area contributed by atoms with Crippen LogP contribution in [-0.2, 0) is 4.79 Å². The smallest absolute Gasteiger partial charge is 0.223 e. The Bertz CT molecular complexity index is 349. The molecule has 1 saturated heterocycles. The molecule has 0 bridgehead atoms. The summed E-state index contributed by atoms with van der Waals surface area (Å²) in [5, 5.41) is 6.76. The number of nitrogens with one attached hydrogen (secondary N) is 2. The molecule has 2 N–H and O–H groups in total. The van der Waals surface area contributed by atoms with Gasteiger partial charge in [0.2, 0.25) is 5.91 Å². The normalized spacial score (nSPS) is 40.9. The molecule has 0 aromatic carbocycles. The van der Waals surface area contributed by atoms with Crippen molar-refractivity contribution in [3.8, 4) is 0 Å². The molecular formula is C16H28N2O. The maximum absolute atomic E-state index is 12.4. The monoisotopic (exact) mass is 264 g/mol. The van der Waals surface area contributed by atoms with Crippen LogP contribution < -0.4 is 10.6 Å². The standard InChI is InChI=1S/C16H28N2O/c1-11-3-4-14(12(2)9-11)18-15(19)13-10-16(13)5-7-17-8-6-16/h11-14,17H,3-10H2,1-2H3,(H,18,19). The molecule has 4 unspecified atom stereocenters. The Morgan fingerprint density at radius 2 is 1.95 bits per heavy atom. The summed E-state index contributed by atoms with van der Waals surface area (Å²) >= 11 is 0. The minimum atomic E-state index is 0.321. The molecule has 1 spiro atoms. The number of carbonyl (C=O) groups excluding carboxylic acids is 1. The largest absolute Gasteiger partial charge is 0.353 e. The highest BCUT2D eigenvalue weighted by atomic mass is 16.2. The van der Waals surface area contributed by atoms with Crippen molar-refractivity contribution in [1.82, 2.24) is 10.6 Å². The van der Waals surface area contributed by atoms with Crippen LogP contribution in [0.5, 0.6) is 0 Å². The first-order chi connectivity index (χ1) is 9.11. The minimum absolute atomic E-state index is 0.321. The number of hydrogen-bond acceptors (Lipinski definition) is 2. The van der Waals surface area contributed by atoms with Gasteiger partial charge in [0.15, 0.2) is 0 Å². The van der Waals surface area contributed by atoms with E-state index in [0.717, 1.165) is 25.4 Å². The molecule has 1 heterocycles. The van der Waals surface area contributed by atoms with Gasteiger partial charge in [0.05, 0.1) is 0 Å². The van der Waals surface area contributed by atoms with E-state index in [2.05, 4.69) is 24.5 Å². The predicted octanol–water partition coefficient (Wildman–Crippen LogP) is 2.32. The average Bonchev–Trinajstić information content (AvgIpc) is 3.07. The summed E-state index contributed by atoms with van der Waals surface area (Å²) in [6, 6.07) is 0.433. The van der Waals surface area contributed by atoms with Gasteiger partial charge in [-0.25, -0.2) is 0 Å². The molecule has 19 heavy (non-hydrogen) atoms. The fraction of sp³-hybridized carbons (Fsp3) is 0.938. The Labute approximate surface area is 116 Å². The molecule has 1 amide bonds. The van der Waals surface area contributed by atoms with Crippen molar-refractivity contribution < 1.29 is 4.79 Å². The molecular weight excluding hydrogens is 236 g/mol. The van der Waals surface area contributed by atoms with E-state index in [1.807, 2.05) is 0 Å². The van der Waals surface area contributed by atoms with Gasteiger partial charge in [-0.05, 0) is 68.9 Å². The molecule has 3 aliphatic rings. The Morgan fingerprint density at radius 1 is 1.21 bits per heavy atom. The zero-order valence-corrected chi connectivity index (χ0v) is 12.4. The third kappa shape index (κ3) is 2.67. The lowest BCUT2D eigenvalue weighted by Crippen LogP contribution is -2.44. The Balaban J connectivity index is 1.52. The van der Waals surface area contributed by atoms with Crippen molar-refractivity contribution in [3.05, 3.63) is 0 Å². The van der Waals surface area contributed by atoms with Gasteiger partial charge in [-0.1, -0.05) is 13.8 Å². The number of piperidine rings is 1. The number of rotatable bonds is 2. The summed E-state index contributed by atoms with van der Waals surface area (Å²) < 4.78 is 0. The lowest BCUT2D eigenvalue weighted by Gasteiger charge is -2.33. The molecule has 4 atom stereocenters. The first-order valence-electron chi connectivity index (χ1n) is 8.12. The summed E-state index contributed by atoms with van der Waals surface area (Å²) in [7, 11) is 0. The van der Waals surface area contributed by atoms with Crippen molar-refractivity contribution >= 4 is 5.91 Å². The third-order valence-corrected chi connectivity index (χ3v) is 5.86. The molecule has 3 heteroatoms. The Hall–Kier alpha value is -0.570. The number of carbonyl (C=O) groups is 1. The lowest BCUT2D eigenvalue weighted by atomic mass is 9.79. The van der Waals surface area contributed by atoms with Crippen LogP contribution in [0.1, 0.15) is 52.4 Å². The van der Waals surface area contributed by atoms with Gasteiger partial charge in [-0.15, -0.1) is 0 Å². The maximum atomic E-state index is 12.4. The van der Waals surface area contributed by atoms with Crippen molar-refractivity contribution in [2.45, 2.75) is 58.4 Å². The molecule has 3 rings (SSSR count). The van der Waals surface area contributed by atoms with Gasteiger partial charge in [0, 0.05) is 12.0 Å². The van der Waals surface area contributed by atoms with Gasteiger partial charge in [-0.3, -0.25) is 4.79 Å². The number of amides is 1. The summed E-state index contributed by atoms with van der Waals surface area (Å²) in [5.74, 6) is 2.16. The van der Waals surface area contributed by atoms with Crippen LogP contribution in [-0.4, -0.2) is 25.0 Å². The second kappa shape index (κ2) is 5.08. The Morgan fingerprint density at radius 3 is 2.63 bits per heavy atom. The highest BCUT2D eigenvalue weighted by Crippen LogP contribution is 2.58. The van der Waals surface area contributed by atoms with Gasteiger partial charge in [0.25, 0.3) is 0 Å². The van der Waals surface area contributed by atoms with Crippen LogP contribution in [0, 0.1) is 23.2 Å². The molecule has 3 nitrogen and oxygen atoms in total. The maximum Gasteiger partial charge on any atom is 0.223 e. The quantitative estimate of drug-likeness (QED) is 0.803. The van der Waals surface area contributed by atoms with Crippen LogP contribution >= 0.6 is 0 Å². The predicted molar refractivity (Wildman–Crippen MR) is 76.8 cm³/mol. The fourth-order valence-corrected chi connectivity index (χ4v) is 4.36. The van der Waals surface area contributed by atoms with Crippen molar-refractivity contribution in [2.24, 2.45) is 23.2 Å². The first-order valence-corrected chi connectivity index (χ1v) is 8.12. The number of hydrogen-bond donors (Lipinski definition) is 2. The van der Waals surface area contributed by atoms with E-state index in [9.17, 15) is 4.79 Å². The molecule has 2 saturated carbocycles. The summed E-state index contributed by atoms with van der Waals surface area (Å²) in [5.41, 5.74) is 0.376. The minimum Gasteiger partial charge on any atom is -0.353 e. The van der Waals surface area contributed by atoms with E-state index in [1.165, 1.54) is 32.1 Å². The van der Waals surface area contributed by atoms with E-state index in [0.29, 0.717) is 29.2 Å². The summed E-state index contributed by atoms with van der Waals surface area (Å²) in [4.78, 5) is 12.4. The molecule has 0 radical (unpaired) electrons. The van der Waals surface area contributed by atoms with Gasteiger partial charge < -0.3 is 10.6 Å². The Kier molecular flexibility index (Phi) is 3.59. The van der Waals surface area contributed by atoms with Crippen molar-refractivity contribution in [1.29, 1.82) is 0 Å². The highest BCUT2D eigenvalue weighted by Gasteiger charge is 2.57. The van der Waals surface area contributed by atoms with E-state index >= 15 is 0 Å². The van der Waals surface area contributed by atoms with Crippen LogP contribution in [0.25, 0.3) is 0 Å². The van der Waals surface area contributed by atoms with Crippen LogP contribution in [0.2, 0.25) is 0 Å². The first kappa shape index (κ1) is 13.4. The third-order valence-electron chi connectivity index (χ3n) is 5.86. The van der Waals surface area contributed by atoms with Gasteiger partial charge >= 0.3 is 0 Å². The van der Waals surface area contributed by atoms with E-state index in [-0.39, 0.29) is 0 Å². The van der Waals surface area contributed by atoms with Gasteiger partial charge in [-0.2, -0.15) is 0 Å². The second-order valence-corrected chi connectivity index (χ2v) is 7.38. The van der Waals surface area contributed by atoms with Crippen molar-refractivity contribution in [2.75, 3.05) is 13.1 Å². The van der Waals surface area contributed by atoms with E-state index in [1.54, 1.807) is 0 Å². The van der Waals surface area contributed by atoms with Crippen LogP contribution in [0.15, 0.2) is 0 Å². The zero-order valence-electron chi connectivity index (χ0n) is 12.4. The highest BCUT2D eigenvalue weighted by molar-refractivity contribution is 5.83. The summed E-state index contributed by atoms with van der Waals surface area (Å²) in [6.45, 7) is 6.83. The SMILES string of the molecule is CC1CCC(NC(=O)C2CC23CCNCC3)C(C)C1. The van der Waals surface area contributed by atoms with E-state index in [4.69, 9.17) is 0 Å². The molecule has 3 fully saturated rings.